The fourth-order valence-corrected chi connectivity index (χ4v) is 2.93. The molecule has 0 aliphatic carbocycles. The molecule has 1 aromatic heterocycles. The average molecular weight is 369 g/mol. The number of carbonyl (C=O) groups is 1. The zero-order valence-electron chi connectivity index (χ0n) is 15.0. The Morgan fingerprint density at radius 1 is 1.04 bits per heavy atom. The van der Waals surface area contributed by atoms with Crippen molar-refractivity contribution >= 4 is 29.0 Å². The fraction of sp³-hybridized carbons (Fsp3) is 0.200. The van der Waals surface area contributed by atoms with Crippen LogP contribution in [0.4, 0.5) is 16.2 Å². The number of hydrogen-bond donors (Lipinski definition) is 2. The number of aromatic nitrogens is 2. The standard InChI is InChI=1S/C20H21ClN4O/c1-13-8-10-17(11-9-13)22-20(26)23-19-14(2)24-25(15(19)3)12-16-6-4-5-7-18(16)21/h4-11H,12H2,1-3H3,(H2,22,23,26). The second-order valence-corrected chi connectivity index (χ2v) is 6.65. The Kier molecular flexibility index (Phi) is 5.28. The van der Waals surface area contributed by atoms with E-state index in [2.05, 4.69) is 15.7 Å². The lowest BCUT2D eigenvalue weighted by molar-refractivity contribution is 0.262. The molecule has 1 heterocycles. The molecule has 3 aromatic rings. The molecule has 5 nitrogen and oxygen atoms in total. The van der Waals surface area contributed by atoms with Gasteiger partial charge in [0, 0.05) is 10.7 Å². The van der Waals surface area contributed by atoms with Crippen LogP contribution in [0.1, 0.15) is 22.5 Å². The summed E-state index contributed by atoms with van der Waals surface area (Å²) >= 11 is 6.24. The molecule has 0 radical (unpaired) electrons. The van der Waals surface area contributed by atoms with Crippen molar-refractivity contribution < 1.29 is 4.79 Å². The number of rotatable bonds is 4. The molecule has 0 spiro atoms. The summed E-state index contributed by atoms with van der Waals surface area (Å²) < 4.78 is 1.85. The van der Waals surface area contributed by atoms with Gasteiger partial charge in [0.25, 0.3) is 0 Å². The first-order valence-corrected chi connectivity index (χ1v) is 8.74. The molecule has 2 N–H and O–H groups in total. The largest absolute Gasteiger partial charge is 0.323 e. The molecule has 0 aliphatic heterocycles. The maximum atomic E-state index is 12.3. The number of urea groups is 1. The van der Waals surface area contributed by atoms with E-state index in [9.17, 15) is 4.79 Å². The number of amides is 2. The Bertz CT molecular complexity index is 931. The lowest BCUT2D eigenvalue weighted by atomic mass is 10.2. The summed E-state index contributed by atoms with van der Waals surface area (Å²) in [6.07, 6.45) is 0. The molecule has 0 saturated heterocycles. The van der Waals surface area contributed by atoms with Gasteiger partial charge in [0.2, 0.25) is 0 Å². The summed E-state index contributed by atoms with van der Waals surface area (Å²) in [5, 5.41) is 11.0. The highest BCUT2D eigenvalue weighted by atomic mass is 35.5. The van der Waals surface area contributed by atoms with E-state index in [1.54, 1.807) is 0 Å². The average Bonchev–Trinajstić information content (AvgIpc) is 2.86. The maximum absolute atomic E-state index is 12.3. The third-order valence-corrected chi connectivity index (χ3v) is 4.58. The van der Waals surface area contributed by atoms with Crippen LogP contribution in [0.15, 0.2) is 48.5 Å². The van der Waals surface area contributed by atoms with Crippen LogP contribution in [0.3, 0.4) is 0 Å². The first kappa shape index (κ1) is 18.0. The van der Waals surface area contributed by atoms with Crippen LogP contribution in [-0.4, -0.2) is 15.8 Å². The van der Waals surface area contributed by atoms with Crippen LogP contribution < -0.4 is 10.6 Å². The normalized spacial score (nSPS) is 10.6. The highest BCUT2D eigenvalue weighted by Crippen LogP contribution is 2.23. The Morgan fingerprint density at radius 2 is 1.73 bits per heavy atom. The van der Waals surface area contributed by atoms with E-state index in [1.165, 1.54) is 0 Å². The number of carbonyl (C=O) groups excluding carboxylic acids is 1. The highest BCUT2D eigenvalue weighted by molar-refractivity contribution is 6.31. The minimum absolute atomic E-state index is 0.294. The molecular weight excluding hydrogens is 348 g/mol. The smallest absolute Gasteiger partial charge is 0.308 e. The molecule has 6 heteroatoms. The van der Waals surface area contributed by atoms with Crippen molar-refractivity contribution in [2.24, 2.45) is 0 Å². The zero-order chi connectivity index (χ0) is 18.7. The number of anilines is 2. The maximum Gasteiger partial charge on any atom is 0.323 e. The number of aryl methyl sites for hydroxylation is 2. The molecule has 0 fully saturated rings. The van der Waals surface area contributed by atoms with Crippen molar-refractivity contribution in [3.63, 3.8) is 0 Å². The second-order valence-electron chi connectivity index (χ2n) is 6.24. The van der Waals surface area contributed by atoms with Gasteiger partial charge in [0.15, 0.2) is 0 Å². The fourth-order valence-electron chi connectivity index (χ4n) is 2.73. The van der Waals surface area contributed by atoms with E-state index in [1.807, 2.05) is 74.0 Å². The second kappa shape index (κ2) is 7.62. The number of nitrogens with one attached hydrogen (secondary N) is 2. The Morgan fingerprint density at radius 3 is 2.42 bits per heavy atom. The van der Waals surface area contributed by atoms with Gasteiger partial charge in [-0.05, 0) is 44.5 Å². The topological polar surface area (TPSA) is 59.0 Å². The van der Waals surface area contributed by atoms with Gasteiger partial charge in [0.05, 0.1) is 23.6 Å². The van der Waals surface area contributed by atoms with E-state index < -0.39 is 0 Å². The highest BCUT2D eigenvalue weighted by Gasteiger charge is 2.15. The predicted octanol–water partition coefficient (Wildman–Crippen LogP) is 5.15. The summed E-state index contributed by atoms with van der Waals surface area (Å²) in [4.78, 5) is 12.3. The summed E-state index contributed by atoms with van der Waals surface area (Å²) in [6, 6.07) is 15.0. The van der Waals surface area contributed by atoms with Crippen molar-refractivity contribution in [3.05, 3.63) is 76.1 Å². The molecule has 2 amide bonds. The Hall–Kier alpha value is -2.79. The van der Waals surface area contributed by atoms with E-state index >= 15 is 0 Å². The van der Waals surface area contributed by atoms with Gasteiger partial charge in [-0.1, -0.05) is 47.5 Å². The lowest BCUT2D eigenvalue weighted by Crippen LogP contribution is -2.20. The van der Waals surface area contributed by atoms with E-state index in [0.717, 1.165) is 28.2 Å². The summed E-state index contributed by atoms with van der Waals surface area (Å²) in [6.45, 7) is 6.35. The number of hydrogen-bond acceptors (Lipinski definition) is 2. The number of nitrogens with zero attached hydrogens (tertiary/aromatic N) is 2. The van der Waals surface area contributed by atoms with Gasteiger partial charge in [0.1, 0.15) is 0 Å². The van der Waals surface area contributed by atoms with E-state index in [4.69, 9.17) is 11.6 Å². The Balaban J connectivity index is 1.74. The van der Waals surface area contributed by atoms with E-state index in [0.29, 0.717) is 17.3 Å². The summed E-state index contributed by atoms with van der Waals surface area (Å²) in [7, 11) is 0. The Labute approximate surface area is 158 Å². The van der Waals surface area contributed by atoms with Crippen molar-refractivity contribution in [1.29, 1.82) is 0 Å². The first-order chi connectivity index (χ1) is 12.4. The predicted molar refractivity (Wildman–Crippen MR) is 106 cm³/mol. The molecule has 0 atom stereocenters. The third-order valence-electron chi connectivity index (χ3n) is 4.21. The van der Waals surface area contributed by atoms with Crippen LogP contribution in [0.2, 0.25) is 5.02 Å². The molecule has 0 bridgehead atoms. The SMILES string of the molecule is Cc1ccc(NC(=O)Nc2c(C)nn(Cc3ccccc3Cl)c2C)cc1. The number of halogens is 1. The van der Waals surface area contributed by atoms with Gasteiger partial charge in [-0.3, -0.25) is 4.68 Å². The third kappa shape index (κ3) is 4.06. The van der Waals surface area contributed by atoms with Crippen LogP contribution in [-0.2, 0) is 6.54 Å². The minimum Gasteiger partial charge on any atom is -0.308 e. The minimum atomic E-state index is -0.294. The van der Waals surface area contributed by atoms with Gasteiger partial charge in [-0.25, -0.2) is 4.79 Å². The number of benzene rings is 2. The lowest BCUT2D eigenvalue weighted by Gasteiger charge is -2.09. The van der Waals surface area contributed by atoms with Gasteiger partial charge in [-0.2, -0.15) is 5.10 Å². The van der Waals surface area contributed by atoms with Gasteiger partial charge < -0.3 is 10.6 Å². The van der Waals surface area contributed by atoms with Crippen LogP contribution in [0.5, 0.6) is 0 Å². The van der Waals surface area contributed by atoms with Crippen molar-refractivity contribution in [3.8, 4) is 0 Å². The molecule has 3 rings (SSSR count). The monoisotopic (exact) mass is 368 g/mol. The summed E-state index contributed by atoms with van der Waals surface area (Å²) in [5.74, 6) is 0. The van der Waals surface area contributed by atoms with Crippen LogP contribution >= 0.6 is 11.6 Å². The first-order valence-electron chi connectivity index (χ1n) is 8.36. The summed E-state index contributed by atoms with van der Waals surface area (Å²) in [5.41, 5.74) is 5.21. The van der Waals surface area contributed by atoms with Crippen LogP contribution in [0, 0.1) is 20.8 Å². The van der Waals surface area contributed by atoms with Gasteiger partial charge >= 0.3 is 6.03 Å². The molecule has 0 unspecified atom stereocenters. The van der Waals surface area contributed by atoms with Crippen molar-refractivity contribution in [2.45, 2.75) is 27.3 Å². The quantitative estimate of drug-likeness (QED) is 0.668. The van der Waals surface area contributed by atoms with Crippen molar-refractivity contribution in [1.82, 2.24) is 9.78 Å². The molecular formula is C20H21ClN4O. The zero-order valence-corrected chi connectivity index (χ0v) is 15.8. The van der Waals surface area contributed by atoms with Crippen molar-refractivity contribution in [2.75, 3.05) is 10.6 Å². The van der Waals surface area contributed by atoms with Gasteiger partial charge in [-0.15, -0.1) is 0 Å². The molecule has 134 valence electrons. The van der Waals surface area contributed by atoms with E-state index in [-0.39, 0.29) is 6.03 Å². The van der Waals surface area contributed by atoms with Crippen LogP contribution in [0.25, 0.3) is 0 Å². The molecule has 0 saturated carbocycles. The molecule has 0 aliphatic rings. The molecule has 26 heavy (non-hydrogen) atoms. The molecule has 2 aromatic carbocycles.